The van der Waals surface area contributed by atoms with Gasteiger partial charge in [0.05, 0.1) is 41.1 Å². The van der Waals surface area contributed by atoms with Crippen LogP contribution in [0.5, 0.6) is 0 Å². The highest BCUT2D eigenvalue weighted by Gasteiger charge is 2.38. The molecule has 212 valence electrons. The minimum atomic E-state index is -0.603. The van der Waals surface area contributed by atoms with Crippen LogP contribution in [-0.4, -0.2) is 37.8 Å². The lowest BCUT2D eigenvalue weighted by atomic mass is 9.91. The highest BCUT2D eigenvalue weighted by molar-refractivity contribution is 7.99. The van der Waals surface area contributed by atoms with Crippen LogP contribution in [0.1, 0.15) is 46.5 Å². The Labute approximate surface area is 248 Å². The van der Waals surface area contributed by atoms with E-state index in [4.69, 9.17) is 9.47 Å². The molecule has 0 aliphatic carbocycles. The first kappa shape index (κ1) is 28.0. The van der Waals surface area contributed by atoms with Crippen molar-refractivity contribution in [1.82, 2.24) is 15.0 Å². The SMILES string of the molecule is C[C@@H]1[C@H](CSc2ccccn2)O[C@H](c2ccc(NC(=O)c3cnc4ccccc4n3)cc2)O[C@@H]1c1ccc(CO)cc1. The molecular formula is C33H30N4O4S. The third kappa shape index (κ3) is 6.34. The molecule has 0 radical (unpaired) electrons. The number of aliphatic hydroxyl groups is 1. The summed E-state index contributed by atoms with van der Waals surface area (Å²) in [5.41, 5.74) is 4.99. The molecule has 42 heavy (non-hydrogen) atoms. The predicted octanol–water partition coefficient (Wildman–Crippen LogP) is 6.35. The van der Waals surface area contributed by atoms with Crippen molar-refractivity contribution in [2.45, 2.75) is 37.1 Å². The molecule has 2 aromatic heterocycles. The highest BCUT2D eigenvalue weighted by atomic mass is 32.2. The summed E-state index contributed by atoms with van der Waals surface area (Å²) in [7, 11) is 0. The number of fused-ring (bicyclic) bond motifs is 1. The Morgan fingerprint density at radius 2 is 1.62 bits per heavy atom. The minimum Gasteiger partial charge on any atom is -0.392 e. The lowest BCUT2D eigenvalue weighted by molar-refractivity contribution is -0.268. The summed E-state index contributed by atoms with van der Waals surface area (Å²) < 4.78 is 13.1. The summed E-state index contributed by atoms with van der Waals surface area (Å²) >= 11 is 1.66. The van der Waals surface area contributed by atoms with Crippen molar-refractivity contribution in [3.63, 3.8) is 0 Å². The number of carbonyl (C=O) groups is 1. The first-order chi connectivity index (χ1) is 20.6. The number of pyridine rings is 1. The predicted molar refractivity (Wildman–Crippen MR) is 162 cm³/mol. The van der Waals surface area contributed by atoms with Crippen molar-refractivity contribution in [3.05, 3.63) is 126 Å². The van der Waals surface area contributed by atoms with Gasteiger partial charge in [0.2, 0.25) is 0 Å². The Balaban J connectivity index is 1.19. The van der Waals surface area contributed by atoms with E-state index in [1.54, 1.807) is 18.0 Å². The monoisotopic (exact) mass is 578 g/mol. The molecule has 2 N–H and O–H groups in total. The number of nitrogens with one attached hydrogen (secondary N) is 1. The van der Waals surface area contributed by atoms with Gasteiger partial charge in [-0.2, -0.15) is 0 Å². The normalized spacial score (nSPS) is 20.3. The molecule has 1 aliphatic heterocycles. The fraction of sp³-hybridized carbons (Fsp3) is 0.212. The molecule has 1 fully saturated rings. The molecule has 3 aromatic carbocycles. The molecule has 5 aromatic rings. The van der Waals surface area contributed by atoms with Crippen molar-refractivity contribution in [1.29, 1.82) is 0 Å². The third-order valence-electron chi connectivity index (χ3n) is 7.28. The largest absolute Gasteiger partial charge is 0.392 e. The van der Waals surface area contributed by atoms with Crippen LogP contribution < -0.4 is 5.32 Å². The molecule has 0 spiro atoms. The first-order valence-electron chi connectivity index (χ1n) is 13.7. The maximum Gasteiger partial charge on any atom is 0.275 e. The number of hydrogen-bond acceptors (Lipinski definition) is 8. The van der Waals surface area contributed by atoms with Gasteiger partial charge in [-0.3, -0.25) is 9.78 Å². The summed E-state index contributed by atoms with van der Waals surface area (Å²) in [5.74, 6) is 0.446. The van der Waals surface area contributed by atoms with Crippen LogP contribution in [0.25, 0.3) is 11.0 Å². The summed E-state index contributed by atoms with van der Waals surface area (Å²) in [6, 6.07) is 28.6. The number of thioether (sulfide) groups is 1. The van der Waals surface area contributed by atoms with Crippen molar-refractivity contribution in [2.75, 3.05) is 11.1 Å². The second-order valence-corrected chi connectivity index (χ2v) is 11.2. The first-order valence-corrected chi connectivity index (χ1v) is 14.7. The lowest BCUT2D eigenvalue weighted by Gasteiger charge is -2.41. The van der Waals surface area contributed by atoms with E-state index in [-0.39, 0.29) is 36.3 Å². The molecule has 0 bridgehead atoms. The van der Waals surface area contributed by atoms with Crippen molar-refractivity contribution >= 4 is 34.4 Å². The van der Waals surface area contributed by atoms with Gasteiger partial charge in [-0.15, -0.1) is 11.8 Å². The number of ether oxygens (including phenoxy) is 2. The van der Waals surface area contributed by atoms with E-state index in [1.807, 2.05) is 91.0 Å². The second kappa shape index (κ2) is 12.8. The standard InChI is InChI=1S/C33H30N4O4S/c1-21-29(20-42-30-8-4-5-17-34-30)40-33(41-31(21)23-11-9-22(19-38)10-12-23)24-13-15-25(16-14-24)36-32(39)28-18-35-26-6-2-3-7-27(26)37-28/h2-18,21,29,31,33,38H,19-20H2,1H3,(H,36,39)/t21-,29+,31+,33+/m1/s1. The molecule has 9 heteroatoms. The van der Waals surface area contributed by atoms with Gasteiger partial charge in [0, 0.05) is 29.1 Å². The number of amides is 1. The number of para-hydroxylation sites is 2. The van der Waals surface area contributed by atoms with Gasteiger partial charge in [0.15, 0.2) is 6.29 Å². The number of rotatable bonds is 8. The van der Waals surface area contributed by atoms with E-state index in [0.717, 1.165) is 27.2 Å². The van der Waals surface area contributed by atoms with Gasteiger partial charge in [0.25, 0.3) is 5.91 Å². The topological polar surface area (TPSA) is 106 Å². The van der Waals surface area contributed by atoms with Crippen LogP contribution >= 0.6 is 11.8 Å². The van der Waals surface area contributed by atoms with E-state index >= 15 is 0 Å². The van der Waals surface area contributed by atoms with E-state index in [9.17, 15) is 9.90 Å². The van der Waals surface area contributed by atoms with Gasteiger partial charge in [-0.05, 0) is 47.5 Å². The zero-order chi connectivity index (χ0) is 28.9. The Morgan fingerprint density at radius 1 is 0.881 bits per heavy atom. The Hall–Kier alpha value is -4.15. The Kier molecular flexibility index (Phi) is 8.52. The van der Waals surface area contributed by atoms with E-state index in [1.165, 1.54) is 6.20 Å². The average molecular weight is 579 g/mol. The maximum atomic E-state index is 12.9. The van der Waals surface area contributed by atoms with Crippen LogP contribution in [-0.2, 0) is 16.1 Å². The lowest BCUT2D eigenvalue weighted by Crippen LogP contribution is -2.38. The molecule has 4 atom stereocenters. The van der Waals surface area contributed by atoms with Crippen molar-refractivity contribution in [3.8, 4) is 0 Å². The van der Waals surface area contributed by atoms with Gasteiger partial charge >= 0.3 is 0 Å². The number of carbonyl (C=O) groups excluding carboxylic acids is 1. The quantitative estimate of drug-likeness (QED) is 0.205. The fourth-order valence-corrected chi connectivity index (χ4v) is 5.92. The fourth-order valence-electron chi connectivity index (χ4n) is 4.90. The Morgan fingerprint density at radius 3 is 2.36 bits per heavy atom. The molecule has 1 saturated heterocycles. The van der Waals surface area contributed by atoms with Crippen LogP contribution in [0.2, 0.25) is 0 Å². The van der Waals surface area contributed by atoms with E-state index in [0.29, 0.717) is 17.0 Å². The number of aromatic nitrogens is 3. The van der Waals surface area contributed by atoms with Gasteiger partial charge < -0.3 is 19.9 Å². The van der Waals surface area contributed by atoms with Crippen LogP contribution in [0.15, 0.2) is 108 Å². The van der Waals surface area contributed by atoms with Crippen LogP contribution in [0.3, 0.4) is 0 Å². The third-order valence-corrected chi connectivity index (χ3v) is 8.31. The molecule has 6 rings (SSSR count). The summed E-state index contributed by atoms with van der Waals surface area (Å²) in [5, 5.41) is 13.3. The second-order valence-electron chi connectivity index (χ2n) is 10.1. The number of anilines is 1. The molecule has 0 unspecified atom stereocenters. The summed E-state index contributed by atoms with van der Waals surface area (Å²) in [6.45, 7) is 2.13. The summed E-state index contributed by atoms with van der Waals surface area (Å²) in [4.78, 5) is 26.1. The van der Waals surface area contributed by atoms with Crippen molar-refractivity contribution < 1.29 is 19.4 Å². The van der Waals surface area contributed by atoms with Gasteiger partial charge in [0.1, 0.15) is 5.69 Å². The van der Waals surface area contributed by atoms with Crippen molar-refractivity contribution in [2.24, 2.45) is 5.92 Å². The van der Waals surface area contributed by atoms with Gasteiger partial charge in [-0.25, -0.2) is 9.97 Å². The molecular weight excluding hydrogens is 548 g/mol. The number of hydrogen-bond donors (Lipinski definition) is 2. The average Bonchev–Trinajstić information content (AvgIpc) is 3.05. The smallest absolute Gasteiger partial charge is 0.275 e. The highest BCUT2D eigenvalue weighted by Crippen LogP contribution is 2.43. The maximum absolute atomic E-state index is 12.9. The molecule has 0 saturated carbocycles. The molecule has 3 heterocycles. The molecule has 1 amide bonds. The zero-order valence-corrected chi connectivity index (χ0v) is 23.8. The van der Waals surface area contributed by atoms with E-state index < -0.39 is 6.29 Å². The zero-order valence-electron chi connectivity index (χ0n) is 23.0. The van der Waals surface area contributed by atoms with E-state index in [2.05, 4.69) is 27.2 Å². The van der Waals surface area contributed by atoms with Crippen LogP contribution in [0.4, 0.5) is 5.69 Å². The number of aliphatic hydroxyl groups excluding tert-OH is 1. The molecule has 1 aliphatic rings. The minimum absolute atomic E-state index is 0.00718. The summed E-state index contributed by atoms with van der Waals surface area (Å²) in [6.07, 6.45) is 2.35. The number of benzene rings is 3. The Bertz CT molecular complexity index is 1650. The van der Waals surface area contributed by atoms with Crippen LogP contribution in [0, 0.1) is 5.92 Å². The number of nitrogens with zero attached hydrogens (tertiary/aromatic N) is 3. The van der Waals surface area contributed by atoms with Gasteiger partial charge in [-0.1, -0.05) is 61.5 Å². The molecule has 8 nitrogen and oxygen atoms in total.